The molecule has 2 heterocycles. The summed E-state index contributed by atoms with van der Waals surface area (Å²) in [6.45, 7) is 2.19. The molecule has 0 spiro atoms. The van der Waals surface area contributed by atoms with Gasteiger partial charge in [0.05, 0.1) is 12.2 Å². The number of hydrogen-bond acceptors (Lipinski definition) is 4. The largest absolute Gasteiger partial charge is 0.349 e. The smallest absolute Gasteiger partial charge is 0.213 e. The molecule has 24 heavy (non-hydrogen) atoms. The van der Waals surface area contributed by atoms with Crippen LogP contribution in [0.4, 0.5) is 0 Å². The van der Waals surface area contributed by atoms with E-state index < -0.39 is 0 Å². The summed E-state index contributed by atoms with van der Waals surface area (Å²) in [6.07, 6.45) is 13.1. The first kappa shape index (κ1) is 18.1. The molecule has 5 unspecified atom stereocenters. The van der Waals surface area contributed by atoms with Gasteiger partial charge in [0.25, 0.3) is 0 Å². The summed E-state index contributed by atoms with van der Waals surface area (Å²) < 4.78 is 12.3. The lowest BCUT2D eigenvalue weighted by Crippen LogP contribution is -2.24. The van der Waals surface area contributed by atoms with Crippen LogP contribution in [0.2, 0.25) is 0 Å². The van der Waals surface area contributed by atoms with Crippen molar-refractivity contribution in [1.29, 1.82) is 0 Å². The average Bonchev–Trinajstić information content (AvgIpc) is 3.02. The Bertz CT molecular complexity index is 398. The van der Waals surface area contributed by atoms with Crippen LogP contribution in [0.3, 0.4) is 0 Å². The Hall–Kier alpha value is -0.680. The van der Waals surface area contributed by atoms with Crippen molar-refractivity contribution in [3.05, 3.63) is 10.1 Å². The van der Waals surface area contributed by atoms with E-state index in [9.17, 15) is 10.1 Å². The second-order valence-corrected chi connectivity index (χ2v) is 8.08. The van der Waals surface area contributed by atoms with Crippen LogP contribution in [-0.4, -0.2) is 29.5 Å². The summed E-state index contributed by atoms with van der Waals surface area (Å²) in [7, 11) is 0. The first-order chi connectivity index (χ1) is 11.7. The van der Waals surface area contributed by atoms with Crippen molar-refractivity contribution in [3.8, 4) is 0 Å². The zero-order valence-corrected chi connectivity index (χ0v) is 15.0. The highest BCUT2D eigenvalue weighted by molar-refractivity contribution is 4.99. The molecule has 0 aromatic carbocycles. The number of unbranched alkanes of at least 4 members (excludes halogenated alkanes) is 4. The van der Waals surface area contributed by atoms with Gasteiger partial charge in [-0.25, -0.2) is 0 Å². The van der Waals surface area contributed by atoms with Crippen molar-refractivity contribution < 1.29 is 14.4 Å². The van der Waals surface area contributed by atoms with Crippen molar-refractivity contribution in [1.82, 2.24) is 0 Å². The van der Waals surface area contributed by atoms with E-state index in [1.807, 2.05) is 0 Å². The minimum atomic E-state index is -0.387. The molecule has 4 fully saturated rings. The van der Waals surface area contributed by atoms with Crippen molar-refractivity contribution in [2.24, 2.45) is 11.8 Å². The highest BCUT2D eigenvalue weighted by Crippen LogP contribution is 2.50. The zero-order chi connectivity index (χ0) is 16.9. The third-order valence-electron chi connectivity index (χ3n) is 6.30. The molecular formula is C19H33NO4. The molecule has 138 valence electrons. The SMILES string of the molecule is CCCCCCCC(CCCC1OC2CC3CC2CC3O1)[N+](=O)[O-]. The molecule has 0 aromatic heterocycles. The Morgan fingerprint density at radius 3 is 2.17 bits per heavy atom. The summed E-state index contributed by atoms with van der Waals surface area (Å²) in [5.41, 5.74) is 0. The summed E-state index contributed by atoms with van der Waals surface area (Å²) >= 11 is 0. The van der Waals surface area contributed by atoms with Crippen LogP contribution in [0.15, 0.2) is 0 Å². The molecule has 2 aliphatic carbocycles. The summed E-state index contributed by atoms with van der Waals surface area (Å²) in [5, 5.41) is 11.3. The van der Waals surface area contributed by atoms with Gasteiger partial charge < -0.3 is 9.47 Å². The minimum absolute atomic E-state index is 0.0759. The molecule has 5 heteroatoms. The monoisotopic (exact) mass is 339 g/mol. The third-order valence-corrected chi connectivity index (χ3v) is 6.30. The third kappa shape index (κ3) is 4.48. The lowest BCUT2D eigenvalue weighted by atomic mass is 9.95. The quantitative estimate of drug-likeness (QED) is 0.311. The van der Waals surface area contributed by atoms with Gasteiger partial charge in [0, 0.05) is 17.8 Å². The Morgan fingerprint density at radius 2 is 1.58 bits per heavy atom. The molecule has 5 atom stereocenters. The van der Waals surface area contributed by atoms with Crippen LogP contribution in [0.25, 0.3) is 0 Å². The van der Waals surface area contributed by atoms with Crippen LogP contribution in [0.5, 0.6) is 0 Å². The molecule has 0 N–H and O–H groups in total. The van der Waals surface area contributed by atoms with E-state index in [1.165, 1.54) is 38.5 Å². The highest BCUT2D eigenvalue weighted by atomic mass is 16.7. The van der Waals surface area contributed by atoms with Crippen LogP contribution >= 0.6 is 0 Å². The predicted molar refractivity (Wildman–Crippen MR) is 92.4 cm³/mol. The van der Waals surface area contributed by atoms with Crippen LogP contribution in [0.1, 0.15) is 84.0 Å². The molecule has 2 saturated carbocycles. The fraction of sp³-hybridized carbons (Fsp3) is 1.00. The maximum atomic E-state index is 11.3. The number of nitro groups is 1. The predicted octanol–water partition coefficient (Wildman–Crippen LogP) is 4.70. The van der Waals surface area contributed by atoms with Gasteiger partial charge >= 0.3 is 0 Å². The number of nitrogens with zero attached hydrogens (tertiary/aromatic N) is 1. The second kappa shape index (κ2) is 8.61. The topological polar surface area (TPSA) is 61.6 Å². The lowest BCUT2D eigenvalue weighted by molar-refractivity contribution is -0.524. The molecule has 4 bridgehead atoms. The van der Waals surface area contributed by atoms with Crippen molar-refractivity contribution in [2.75, 3.05) is 0 Å². The summed E-state index contributed by atoms with van der Waals surface area (Å²) in [6, 6.07) is -0.387. The van der Waals surface area contributed by atoms with Gasteiger partial charge in [0.1, 0.15) is 0 Å². The maximum Gasteiger partial charge on any atom is 0.213 e. The van der Waals surface area contributed by atoms with E-state index in [-0.39, 0.29) is 17.3 Å². The van der Waals surface area contributed by atoms with Gasteiger partial charge in [-0.05, 0) is 50.4 Å². The van der Waals surface area contributed by atoms with Gasteiger partial charge in [0.2, 0.25) is 6.04 Å². The standard InChI is InChI=1S/C19H33NO4/c1-2-3-4-5-6-8-16(20(21)22)9-7-10-19-23-17-12-14-11-15(17)13-18(14)24-19/h14-19H,2-13H2,1H3. The van der Waals surface area contributed by atoms with E-state index in [0.29, 0.717) is 30.5 Å². The summed E-state index contributed by atoms with van der Waals surface area (Å²) in [4.78, 5) is 11.2. The van der Waals surface area contributed by atoms with E-state index in [1.54, 1.807) is 0 Å². The van der Waals surface area contributed by atoms with Crippen molar-refractivity contribution >= 4 is 0 Å². The molecule has 2 saturated heterocycles. The average molecular weight is 339 g/mol. The molecule has 4 rings (SSSR count). The lowest BCUT2D eigenvalue weighted by Gasteiger charge is -2.21. The number of fused-ring (bicyclic) bond motifs is 2. The molecule has 5 nitrogen and oxygen atoms in total. The fourth-order valence-corrected chi connectivity index (χ4v) is 4.92. The van der Waals surface area contributed by atoms with Gasteiger partial charge in [-0.2, -0.15) is 0 Å². The van der Waals surface area contributed by atoms with Crippen LogP contribution in [0, 0.1) is 22.0 Å². The molecule has 0 amide bonds. The first-order valence-electron chi connectivity index (χ1n) is 10.1. The summed E-state index contributed by atoms with van der Waals surface area (Å²) in [5.74, 6) is 1.42. The van der Waals surface area contributed by atoms with Crippen molar-refractivity contribution in [2.45, 2.75) is 109 Å². The zero-order valence-electron chi connectivity index (χ0n) is 15.0. The van der Waals surface area contributed by atoms with Gasteiger partial charge in [-0.1, -0.05) is 32.6 Å². The fourth-order valence-electron chi connectivity index (χ4n) is 4.92. The minimum Gasteiger partial charge on any atom is -0.349 e. The highest BCUT2D eigenvalue weighted by Gasteiger charge is 2.51. The molecular weight excluding hydrogens is 306 g/mol. The van der Waals surface area contributed by atoms with Crippen LogP contribution < -0.4 is 0 Å². The number of hydrogen-bond donors (Lipinski definition) is 0. The van der Waals surface area contributed by atoms with Gasteiger partial charge in [0.15, 0.2) is 6.29 Å². The molecule has 4 aliphatic rings. The van der Waals surface area contributed by atoms with Gasteiger partial charge in [-0.3, -0.25) is 10.1 Å². The second-order valence-electron chi connectivity index (χ2n) is 8.08. The number of ether oxygens (including phenoxy) is 2. The van der Waals surface area contributed by atoms with Crippen molar-refractivity contribution in [3.63, 3.8) is 0 Å². The van der Waals surface area contributed by atoms with E-state index in [4.69, 9.17) is 9.47 Å². The maximum absolute atomic E-state index is 11.3. The Labute approximate surface area is 145 Å². The Balaban J connectivity index is 1.34. The molecule has 0 radical (unpaired) electrons. The number of rotatable bonds is 11. The van der Waals surface area contributed by atoms with E-state index in [0.717, 1.165) is 32.1 Å². The van der Waals surface area contributed by atoms with Gasteiger partial charge in [-0.15, -0.1) is 0 Å². The Morgan fingerprint density at radius 1 is 0.958 bits per heavy atom. The Kier molecular flexibility index (Phi) is 6.50. The van der Waals surface area contributed by atoms with E-state index >= 15 is 0 Å². The molecule has 2 aliphatic heterocycles. The normalized spacial score (nSPS) is 35.3. The van der Waals surface area contributed by atoms with E-state index in [2.05, 4.69) is 6.92 Å². The first-order valence-corrected chi connectivity index (χ1v) is 10.1. The molecule has 0 aromatic rings. The van der Waals surface area contributed by atoms with Crippen LogP contribution in [-0.2, 0) is 9.47 Å².